The molecule has 0 saturated carbocycles. The van der Waals surface area contributed by atoms with E-state index in [9.17, 15) is 9.90 Å². The van der Waals surface area contributed by atoms with Crippen LogP contribution in [0.4, 0.5) is 5.82 Å². The molecule has 0 unspecified atom stereocenters. The van der Waals surface area contributed by atoms with Gasteiger partial charge in [0.15, 0.2) is 0 Å². The summed E-state index contributed by atoms with van der Waals surface area (Å²) in [6.45, 7) is 6.28. The number of aliphatic hydroxyl groups excluding tert-OH is 1. The molecule has 2 N–H and O–H groups in total. The van der Waals surface area contributed by atoms with Crippen LogP contribution in [0.2, 0.25) is 5.15 Å². The predicted octanol–water partition coefficient (Wildman–Crippen LogP) is 2.40. The van der Waals surface area contributed by atoms with Crippen LogP contribution in [0.1, 0.15) is 37.6 Å². The maximum atomic E-state index is 12.4. The summed E-state index contributed by atoms with van der Waals surface area (Å²) in [5, 5.41) is 12.7. The predicted molar refractivity (Wildman–Crippen MR) is 81.3 cm³/mol. The fourth-order valence-electron chi connectivity index (χ4n) is 1.54. The highest BCUT2D eigenvalue weighted by molar-refractivity contribution is 6.29. The first kappa shape index (κ1) is 16.7. The van der Waals surface area contributed by atoms with E-state index in [-0.39, 0.29) is 17.7 Å². The van der Waals surface area contributed by atoms with Gasteiger partial charge in [0, 0.05) is 19.2 Å². The van der Waals surface area contributed by atoms with Crippen molar-refractivity contribution >= 4 is 23.3 Å². The lowest BCUT2D eigenvalue weighted by Crippen LogP contribution is -2.47. The van der Waals surface area contributed by atoms with E-state index in [0.29, 0.717) is 11.4 Å². The Bertz CT molecular complexity index is 477. The summed E-state index contributed by atoms with van der Waals surface area (Å²) < 4.78 is 0. The van der Waals surface area contributed by atoms with E-state index in [1.807, 2.05) is 6.92 Å². The molecule has 0 radical (unpaired) electrons. The third kappa shape index (κ3) is 4.08. The van der Waals surface area contributed by atoms with Crippen molar-refractivity contribution in [1.29, 1.82) is 0 Å². The maximum Gasteiger partial charge on any atom is 0.254 e. The Kier molecular flexibility index (Phi) is 5.77. The second kappa shape index (κ2) is 6.90. The van der Waals surface area contributed by atoms with E-state index in [1.165, 1.54) is 11.0 Å². The number of aromatic nitrogens is 1. The van der Waals surface area contributed by atoms with Crippen molar-refractivity contribution in [3.8, 4) is 0 Å². The highest BCUT2D eigenvalue weighted by atomic mass is 35.5. The van der Waals surface area contributed by atoms with Gasteiger partial charge in [-0.1, -0.05) is 18.5 Å². The van der Waals surface area contributed by atoms with Gasteiger partial charge in [0.2, 0.25) is 0 Å². The first-order valence-corrected chi connectivity index (χ1v) is 7.00. The Morgan fingerprint density at radius 3 is 2.70 bits per heavy atom. The van der Waals surface area contributed by atoms with Crippen LogP contribution < -0.4 is 5.32 Å². The number of aliphatic hydroxyl groups is 1. The summed E-state index contributed by atoms with van der Waals surface area (Å²) in [5.41, 5.74) is -0.184. The van der Waals surface area contributed by atoms with E-state index < -0.39 is 5.54 Å². The molecule has 0 spiro atoms. The van der Waals surface area contributed by atoms with Gasteiger partial charge in [0.1, 0.15) is 11.0 Å². The number of halogens is 1. The quantitative estimate of drug-likeness (QED) is 0.792. The molecule has 1 rings (SSSR count). The third-order valence-electron chi connectivity index (χ3n) is 3.20. The van der Waals surface area contributed by atoms with E-state index in [1.54, 1.807) is 27.0 Å². The van der Waals surface area contributed by atoms with Crippen LogP contribution >= 0.6 is 11.6 Å². The van der Waals surface area contributed by atoms with Crippen LogP contribution in [0.3, 0.4) is 0 Å². The molecule has 6 heteroatoms. The standard InChI is InChI=1S/C14H22ClN3O2/c1-5-6-16-12-8-10(7-11(15)17-12)13(20)18(4)14(2,3)9-19/h7-8,19H,5-6,9H2,1-4H3,(H,16,17). The van der Waals surface area contributed by atoms with Crippen LogP contribution in [0.5, 0.6) is 0 Å². The number of anilines is 1. The van der Waals surface area contributed by atoms with Gasteiger partial charge in [0.25, 0.3) is 5.91 Å². The van der Waals surface area contributed by atoms with Crippen molar-refractivity contribution in [2.24, 2.45) is 0 Å². The van der Waals surface area contributed by atoms with Gasteiger partial charge < -0.3 is 15.3 Å². The number of amides is 1. The Labute approximate surface area is 125 Å². The molecule has 0 fully saturated rings. The van der Waals surface area contributed by atoms with Crippen LogP contribution in [-0.2, 0) is 0 Å². The largest absolute Gasteiger partial charge is 0.394 e. The Morgan fingerprint density at radius 1 is 1.50 bits per heavy atom. The SMILES string of the molecule is CCCNc1cc(C(=O)N(C)C(C)(C)CO)cc(Cl)n1. The molecule has 20 heavy (non-hydrogen) atoms. The van der Waals surface area contributed by atoms with Crippen molar-refractivity contribution < 1.29 is 9.90 Å². The molecular weight excluding hydrogens is 278 g/mol. The van der Waals surface area contributed by atoms with E-state index >= 15 is 0 Å². The number of pyridine rings is 1. The summed E-state index contributed by atoms with van der Waals surface area (Å²) >= 11 is 5.95. The zero-order valence-corrected chi connectivity index (χ0v) is 13.2. The number of carbonyl (C=O) groups excluding carboxylic acids is 1. The van der Waals surface area contributed by atoms with Crippen molar-refractivity contribution in [1.82, 2.24) is 9.88 Å². The highest BCUT2D eigenvalue weighted by Crippen LogP contribution is 2.19. The van der Waals surface area contributed by atoms with Crippen molar-refractivity contribution in [2.75, 3.05) is 25.5 Å². The average Bonchev–Trinajstić information content (AvgIpc) is 2.42. The molecule has 1 heterocycles. The minimum absolute atomic E-state index is 0.116. The van der Waals surface area contributed by atoms with Gasteiger partial charge in [0.05, 0.1) is 12.1 Å². The lowest BCUT2D eigenvalue weighted by atomic mass is 10.0. The second-order valence-corrected chi connectivity index (χ2v) is 5.71. The number of hydrogen-bond donors (Lipinski definition) is 2. The molecule has 1 aromatic rings. The molecule has 0 aliphatic carbocycles. The monoisotopic (exact) mass is 299 g/mol. The number of hydrogen-bond acceptors (Lipinski definition) is 4. The Balaban J connectivity index is 3.01. The first-order chi connectivity index (χ1) is 9.31. The van der Waals surface area contributed by atoms with Crippen molar-refractivity contribution in [2.45, 2.75) is 32.7 Å². The minimum Gasteiger partial charge on any atom is -0.394 e. The number of rotatable bonds is 6. The van der Waals surface area contributed by atoms with Crippen molar-refractivity contribution in [3.63, 3.8) is 0 Å². The highest BCUT2D eigenvalue weighted by Gasteiger charge is 2.28. The van der Waals surface area contributed by atoms with Gasteiger partial charge in [-0.05, 0) is 32.4 Å². The fraction of sp³-hybridized carbons (Fsp3) is 0.571. The molecule has 0 atom stereocenters. The third-order valence-corrected chi connectivity index (χ3v) is 3.39. The minimum atomic E-state index is -0.635. The molecule has 112 valence electrons. The molecule has 0 aliphatic heterocycles. The molecule has 0 saturated heterocycles. The van der Waals surface area contributed by atoms with Crippen LogP contribution in [-0.4, -0.2) is 46.6 Å². The first-order valence-electron chi connectivity index (χ1n) is 6.62. The normalized spacial score (nSPS) is 11.3. The molecule has 0 bridgehead atoms. The van der Waals surface area contributed by atoms with Gasteiger partial charge in [-0.2, -0.15) is 0 Å². The Hall–Kier alpha value is -1.33. The number of nitrogens with one attached hydrogen (secondary N) is 1. The van der Waals surface area contributed by atoms with Gasteiger partial charge in [-0.3, -0.25) is 4.79 Å². The number of carbonyl (C=O) groups is 1. The number of likely N-dealkylation sites (N-methyl/N-ethyl adjacent to an activating group) is 1. The molecular formula is C14H22ClN3O2. The van der Waals surface area contributed by atoms with Gasteiger partial charge >= 0.3 is 0 Å². The zero-order chi connectivity index (χ0) is 15.3. The van der Waals surface area contributed by atoms with Crippen LogP contribution in [0.25, 0.3) is 0 Å². The lowest BCUT2D eigenvalue weighted by Gasteiger charge is -2.34. The van der Waals surface area contributed by atoms with Gasteiger partial charge in [-0.25, -0.2) is 4.98 Å². The van der Waals surface area contributed by atoms with Gasteiger partial charge in [-0.15, -0.1) is 0 Å². The maximum absolute atomic E-state index is 12.4. The summed E-state index contributed by atoms with van der Waals surface area (Å²) in [6, 6.07) is 3.21. The number of nitrogens with zero attached hydrogens (tertiary/aromatic N) is 2. The van der Waals surface area contributed by atoms with E-state index in [0.717, 1.165) is 13.0 Å². The lowest BCUT2D eigenvalue weighted by molar-refractivity contribution is 0.0473. The Morgan fingerprint density at radius 2 is 2.15 bits per heavy atom. The zero-order valence-electron chi connectivity index (χ0n) is 12.4. The smallest absolute Gasteiger partial charge is 0.254 e. The van der Waals surface area contributed by atoms with E-state index in [2.05, 4.69) is 10.3 Å². The van der Waals surface area contributed by atoms with Crippen LogP contribution in [0, 0.1) is 0 Å². The summed E-state index contributed by atoms with van der Waals surface area (Å²) in [5.74, 6) is 0.380. The van der Waals surface area contributed by atoms with E-state index in [4.69, 9.17) is 11.6 Å². The van der Waals surface area contributed by atoms with Crippen LogP contribution in [0.15, 0.2) is 12.1 Å². The average molecular weight is 300 g/mol. The molecule has 0 aromatic carbocycles. The summed E-state index contributed by atoms with van der Waals surface area (Å²) in [4.78, 5) is 18.1. The fourth-order valence-corrected chi connectivity index (χ4v) is 1.75. The topological polar surface area (TPSA) is 65.5 Å². The van der Waals surface area contributed by atoms with Crippen molar-refractivity contribution in [3.05, 3.63) is 22.8 Å². The summed E-state index contributed by atoms with van der Waals surface area (Å²) in [7, 11) is 1.66. The molecule has 5 nitrogen and oxygen atoms in total. The molecule has 1 aromatic heterocycles. The second-order valence-electron chi connectivity index (χ2n) is 5.33. The molecule has 1 amide bonds. The summed E-state index contributed by atoms with van der Waals surface area (Å²) in [6.07, 6.45) is 0.953. The molecule has 0 aliphatic rings.